The van der Waals surface area contributed by atoms with Crippen molar-refractivity contribution >= 4 is 17.9 Å². The Bertz CT molecular complexity index is 332. The van der Waals surface area contributed by atoms with E-state index in [4.69, 9.17) is 11.6 Å². The molecule has 0 aliphatic carbocycles. The molecule has 0 saturated carbocycles. The highest BCUT2D eigenvalue weighted by atomic mass is 35.5. The van der Waals surface area contributed by atoms with Crippen LogP contribution in [0.15, 0.2) is 29.3 Å². The number of hydrogen-bond donors (Lipinski definition) is 0. The van der Waals surface area contributed by atoms with Crippen LogP contribution in [0.4, 0.5) is 0 Å². The number of aliphatic imine (C=N–C) groups is 1. The lowest BCUT2D eigenvalue weighted by atomic mass is 9.98. The van der Waals surface area contributed by atoms with E-state index in [9.17, 15) is 0 Å². The van der Waals surface area contributed by atoms with Crippen molar-refractivity contribution < 1.29 is 0 Å². The summed E-state index contributed by atoms with van der Waals surface area (Å²) in [7, 11) is 2.05. The third-order valence-corrected chi connectivity index (χ3v) is 2.71. The molecule has 1 aromatic rings. The van der Waals surface area contributed by atoms with Gasteiger partial charge >= 0.3 is 0 Å². The maximum Gasteiger partial charge on any atom is 0.0847 e. The lowest BCUT2D eigenvalue weighted by molar-refractivity contribution is 0.440. The topological polar surface area (TPSA) is 15.6 Å². The summed E-state index contributed by atoms with van der Waals surface area (Å²) >= 11 is 5.84. The van der Waals surface area contributed by atoms with Crippen LogP contribution in [0.3, 0.4) is 0 Å². The molecule has 2 nitrogen and oxygen atoms in total. The Balaban J connectivity index is 2.15. The summed E-state index contributed by atoms with van der Waals surface area (Å²) in [6.45, 7) is 1.91. The molecule has 1 atom stereocenters. The van der Waals surface area contributed by atoms with E-state index in [0.717, 1.165) is 18.1 Å². The van der Waals surface area contributed by atoms with Crippen molar-refractivity contribution in [2.24, 2.45) is 4.99 Å². The van der Waals surface area contributed by atoms with Crippen LogP contribution in [0.25, 0.3) is 0 Å². The second kappa shape index (κ2) is 4.01. The van der Waals surface area contributed by atoms with Gasteiger partial charge in [-0.1, -0.05) is 23.7 Å². The summed E-state index contributed by atoms with van der Waals surface area (Å²) < 4.78 is 0. The van der Waals surface area contributed by atoms with Crippen molar-refractivity contribution in [1.29, 1.82) is 0 Å². The van der Waals surface area contributed by atoms with Crippen molar-refractivity contribution in [1.82, 2.24) is 4.90 Å². The van der Waals surface area contributed by atoms with E-state index < -0.39 is 0 Å². The van der Waals surface area contributed by atoms with Gasteiger partial charge in [-0.15, -0.1) is 0 Å². The molecule has 3 heteroatoms. The molecular weight excluding hydrogens is 196 g/mol. The molecule has 0 bridgehead atoms. The Labute approximate surface area is 89.2 Å². The molecule has 0 N–H and O–H groups in total. The van der Waals surface area contributed by atoms with Gasteiger partial charge in [0.15, 0.2) is 0 Å². The van der Waals surface area contributed by atoms with Crippen LogP contribution in [0.5, 0.6) is 0 Å². The Hall–Kier alpha value is -1.02. The quantitative estimate of drug-likeness (QED) is 0.692. The second-order valence-electron chi connectivity index (χ2n) is 3.67. The molecule has 0 spiro atoms. The van der Waals surface area contributed by atoms with Crippen molar-refractivity contribution in [3.05, 3.63) is 34.9 Å². The normalized spacial score (nSPS) is 21.3. The molecule has 1 unspecified atom stereocenters. The average molecular weight is 209 g/mol. The van der Waals surface area contributed by atoms with Crippen LogP contribution in [0.2, 0.25) is 5.02 Å². The van der Waals surface area contributed by atoms with Crippen LogP contribution in [-0.2, 0) is 0 Å². The van der Waals surface area contributed by atoms with E-state index in [0.29, 0.717) is 5.92 Å². The van der Waals surface area contributed by atoms with E-state index in [1.165, 1.54) is 5.56 Å². The maximum absolute atomic E-state index is 5.84. The van der Waals surface area contributed by atoms with Crippen LogP contribution in [-0.4, -0.2) is 31.4 Å². The molecule has 0 aromatic heterocycles. The van der Waals surface area contributed by atoms with Crippen LogP contribution >= 0.6 is 11.6 Å². The Morgan fingerprint density at radius 2 is 2.07 bits per heavy atom. The first-order valence-electron chi connectivity index (χ1n) is 4.71. The van der Waals surface area contributed by atoms with Gasteiger partial charge in [-0.2, -0.15) is 0 Å². The van der Waals surface area contributed by atoms with Gasteiger partial charge in [0.1, 0.15) is 0 Å². The number of halogens is 1. The highest BCUT2D eigenvalue weighted by molar-refractivity contribution is 6.30. The van der Waals surface area contributed by atoms with E-state index in [2.05, 4.69) is 22.0 Å². The molecule has 1 aliphatic heterocycles. The summed E-state index contributed by atoms with van der Waals surface area (Å²) in [5.41, 5.74) is 1.32. The van der Waals surface area contributed by atoms with Gasteiger partial charge in [0.05, 0.1) is 6.34 Å². The van der Waals surface area contributed by atoms with E-state index in [1.807, 2.05) is 25.5 Å². The van der Waals surface area contributed by atoms with Gasteiger partial charge in [0.2, 0.25) is 0 Å². The minimum absolute atomic E-state index is 0.502. The number of rotatable bonds is 1. The third-order valence-electron chi connectivity index (χ3n) is 2.45. The summed E-state index contributed by atoms with van der Waals surface area (Å²) in [5.74, 6) is 0.502. The molecule has 1 aromatic carbocycles. The predicted molar refractivity (Wildman–Crippen MR) is 60.2 cm³/mol. The first-order valence-corrected chi connectivity index (χ1v) is 5.09. The Morgan fingerprint density at radius 1 is 1.36 bits per heavy atom. The first kappa shape index (κ1) is 9.53. The maximum atomic E-state index is 5.84. The Morgan fingerprint density at radius 3 is 2.71 bits per heavy atom. The zero-order valence-electron chi connectivity index (χ0n) is 8.15. The summed E-state index contributed by atoms with van der Waals surface area (Å²) in [6.07, 6.45) is 1.90. The van der Waals surface area contributed by atoms with Gasteiger partial charge in [-0.3, -0.25) is 4.99 Å². The molecule has 1 aliphatic rings. The highest BCUT2D eigenvalue weighted by Gasteiger charge is 2.15. The molecule has 74 valence electrons. The molecule has 0 fully saturated rings. The van der Waals surface area contributed by atoms with Gasteiger partial charge < -0.3 is 4.90 Å². The molecule has 14 heavy (non-hydrogen) atoms. The fourth-order valence-electron chi connectivity index (χ4n) is 1.71. The highest BCUT2D eigenvalue weighted by Crippen LogP contribution is 2.21. The molecular formula is C11H13ClN2. The molecule has 0 saturated heterocycles. The first-order chi connectivity index (χ1) is 6.75. The molecule has 2 rings (SSSR count). The van der Waals surface area contributed by atoms with Gasteiger partial charge in [-0.05, 0) is 17.7 Å². The van der Waals surface area contributed by atoms with Gasteiger partial charge in [0, 0.05) is 31.1 Å². The molecule has 0 radical (unpaired) electrons. The molecule has 1 heterocycles. The summed E-state index contributed by atoms with van der Waals surface area (Å²) in [4.78, 5) is 6.42. The second-order valence-corrected chi connectivity index (χ2v) is 4.11. The van der Waals surface area contributed by atoms with Crippen LogP contribution in [0, 0.1) is 0 Å². The van der Waals surface area contributed by atoms with Crippen molar-refractivity contribution in [2.45, 2.75) is 5.92 Å². The van der Waals surface area contributed by atoms with E-state index >= 15 is 0 Å². The smallest absolute Gasteiger partial charge is 0.0847 e. The van der Waals surface area contributed by atoms with Gasteiger partial charge in [0.25, 0.3) is 0 Å². The average Bonchev–Trinajstić information content (AvgIpc) is 2.19. The van der Waals surface area contributed by atoms with Crippen molar-refractivity contribution in [2.75, 3.05) is 20.1 Å². The van der Waals surface area contributed by atoms with Crippen molar-refractivity contribution in [3.8, 4) is 0 Å². The number of benzene rings is 1. The lowest BCUT2D eigenvalue weighted by Gasteiger charge is -2.25. The van der Waals surface area contributed by atoms with Gasteiger partial charge in [-0.25, -0.2) is 0 Å². The third kappa shape index (κ3) is 2.07. The van der Waals surface area contributed by atoms with E-state index in [1.54, 1.807) is 0 Å². The zero-order valence-corrected chi connectivity index (χ0v) is 8.91. The fraction of sp³-hybridized carbons (Fsp3) is 0.364. The lowest BCUT2D eigenvalue weighted by Crippen LogP contribution is -2.29. The summed E-state index contributed by atoms with van der Waals surface area (Å²) in [6, 6.07) is 8.05. The zero-order chi connectivity index (χ0) is 9.97. The minimum atomic E-state index is 0.502. The minimum Gasteiger partial charge on any atom is -0.365 e. The number of likely N-dealkylation sites (N-methyl/N-ethyl adjacent to an activating group) is 1. The largest absolute Gasteiger partial charge is 0.365 e. The van der Waals surface area contributed by atoms with Crippen LogP contribution in [0.1, 0.15) is 11.5 Å². The number of hydrogen-bond acceptors (Lipinski definition) is 2. The van der Waals surface area contributed by atoms with E-state index in [-0.39, 0.29) is 0 Å². The standard InChI is InChI=1S/C11H13ClN2/c1-14-7-10(6-13-8-14)9-2-4-11(12)5-3-9/h2-5,8,10H,6-7H2,1H3. The predicted octanol–water partition coefficient (Wildman–Crippen LogP) is 2.40. The monoisotopic (exact) mass is 208 g/mol. The van der Waals surface area contributed by atoms with Crippen LogP contribution < -0.4 is 0 Å². The fourth-order valence-corrected chi connectivity index (χ4v) is 1.84. The number of nitrogens with zero attached hydrogens (tertiary/aromatic N) is 2. The Kier molecular flexibility index (Phi) is 2.73. The summed E-state index contributed by atoms with van der Waals surface area (Å²) in [5, 5.41) is 0.793. The molecule has 0 amide bonds. The van der Waals surface area contributed by atoms with Crippen molar-refractivity contribution in [3.63, 3.8) is 0 Å². The SMILES string of the molecule is CN1C=NCC(c2ccc(Cl)cc2)C1.